The van der Waals surface area contributed by atoms with Gasteiger partial charge >= 0.3 is 0 Å². The molecule has 1 aliphatic rings. The molecule has 0 bridgehead atoms. The van der Waals surface area contributed by atoms with Crippen molar-refractivity contribution < 1.29 is 9.13 Å². The third-order valence-corrected chi connectivity index (χ3v) is 3.51. The number of ether oxygens (including phenoxy) is 1. The van der Waals surface area contributed by atoms with E-state index in [2.05, 4.69) is 6.92 Å². The second-order valence-electron chi connectivity index (χ2n) is 5.00. The SMILES string of the molecule is Cc1ccc(F)cc1CC(N)C1CCC(C)O1. The number of rotatable bonds is 3. The summed E-state index contributed by atoms with van der Waals surface area (Å²) in [5.74, 6) is -0.196. The molecule has 1 aromatic rings. The summed E-state index contributed by atoms with van der Waals surface area (Å²) in [5.41, 5.74) is 8.22. The Hall–Kier alpha value is -0.930. The van der Waals surface area contributed by atoms with Crippen LogP contribution in [0.25, 0.3) is 0 Å². The topological polar surface area (TPSA) is 35.2 Å². The molecule has 1 heterocycles. The van der Waals surface area contributed by atoms with Gasteiger partial charge in [-0.2, -0.15) is 0 Å². The first-order chi connectivity index (χ1) is 8.06. The standard InChI is InChI=1S/C14H20FNO/c1-9-3-5-12(15)7-11(9)8-13(16)14-6-4-10(2)17-14/h3,5,7,10,13-14H,4,6,8,16H2,1-2H3. The Bertz CT molecular complexity index is 394. The van der Waals surface area contributed by atoms with Crippen LogP contribution in [0.2, 0.25) is 0 Å². The smallest absolute Gasteiger partial charge is 0.123 e. The fourth-order valence-corrected chi connectivity index (χ4v) is 2.39. The van der Waals surface area contributed by atoms with Crippen molar-refractivity contribution in [1.82, 2.24) is 0 Å². The molecule has 3 heteroatoms. The van der Waals surface area contributed by atoms with Crippen molar-refractivity contribution in [2.75, 3.05) is 0 Å². The van der Waals surface area contributed by atoms with Crippen LogP contribution in [-0.4, -0.2) is 18.2 Å². The number of nitrogens with two attached hydrogens (primary N) is 1. The summed E-state index contributed by atoms with van der Waals surface area (Å²) >= 11 is 0. The monoisotopic (exact) mass is 237 g/mol. The lowest BCUT2D eigenvalue weighted by atomic mass is 9.97. The van der Waals surface area contributed by atoms with Crippen LogP contribution in [0.4, 0.5) is 4.39 Å². The molecule has 1 saturated heterocycles. The number of benzene rings is 1. The van der Waals surface area contributed by atoms with Crippen molar-refractivity contribution in [2.45, 2.75) is 51.4 Å². The minimum absolute atomic E-state index is 0.0413. The van der Waals surface area contributed by atoms with Crippen LogP contribution in [0.5, 0.6) is 0 Å². The lowest BCUT2D eigenvalue weighted by molar-refractivity contribution is 0.0404. The minimum atomic E-state index is -0.196. The fraction of sp³-hybridized carbons (Fsp3) is 0.571. The van der Waals surface area contributed by atoms with Gasteiger partial charge in [-0.3, -0.25) is 0 Å². The maximum absolute atomic E-state index is 13.2. The summed E-state index contributed by atoms with van der Waals surface area (Å²) in [4.78, 5) is 0. The number of halogens is 1. The van der Waals surface area contributed by atoms with Crippen molar-refractivity contribution >= 4 is 0 Å². The maximum atomic E-state index is 13.2. The molecule has 0 amide bonds. The summed E-state index contributed by atoms with van der Waals surface area (Å²) in [6.45, 7) is 4.06. The normalized spacial score (nSPS) is 26.1. The van der Waals surface area contributed by atoms with Gasteiger partial charge in [-0.15, -0.1) is 0 Å². The zero-order valence-electron chi connectivity index (χ0n) is 10.4. The average molecular weight is 237 g/mol. The number of hydrogen-bond donors (Lipinski definition) is 1. The molecule has 2 nitrogen and oxygen atoms in total. The van der Waals surface area contributed by atoms with Gasteiger partial charge < -0.3 is 10.5 Å². The minimum Gasteiger partial charge on any atom is -0.374 e. The van der Waals surface area contributed by atoms with E-state index in [4.69, 9.17) is 10.5 Å². The van der Waals surface area contributed by atoms with Crippen molar-refractivity contribution in [2.24, 2.45) is 5.73 Å². The first-order valence-electron chi connectivity index (χ1n) is 6.22. The largest absolute Gasteiger partial charge is 0.374 e. The number of aryl methyl sites for hydroxylation is 1. The highest BCUT2D eigenvalue weighted by molar-refractivity contribution is 5.27. The van der Waals surface area contributed by atoms with Crippen LogP contribution in [0.3, 0.4) is 0 Å². The Labute approximate surface area is 102 Å². The van der Waals surface area contributed by atoms with Gasteiger partial charge in [0.1, 0.15) is 5.82 Å². The third kappa shape index (κ3) is 3.05. The van der Waals surface area contributed by atoms with Gasteiger partial charge in [-0.1, -0.05) is 6.07 Å². The van der Waals surface area contributed by atoms with Gasteiger partial charge in [0, 0.05) is 6.04 Å². The molecule has 0 saturated carbocycles. The van der Waals surface area contributed by atoms with E-state index in [1.807, 2.05) is 6.92 Å². The van der Waals surface area contributed by atoms with E-state index in [0.29, 0.717) is 12.5 Å². The lowest BCUT2D eigenvalue weighted by Crippen LogP contribution is -2.36. The quantitative estimate of drug-likeness (QED) is 0.877. The summed E-state index contributed by atoms with van der Waals surface area (Å²) in [6, 6.07) is 4.82. The highest BCUT2D eigenvalue weighted by atomic mass is 19.1. The first-order valence-corrected chi connectivity index (χ1v) is 6.22. The first kappa shape index (κ1) is 12.5. The molecule has 0 radical (unpaired) electrons. The predicted octanol–water partition coefficient (Wildman–Crippen LogP) is 2.57. The Morgan fingerprint density at radius 1 is 1.47 bits per heavy atom. The molecule has 0 aliphatic carbocycles. The second-order valence-corrected chi connectivity index (χ2v) is 5.00. The molecule has 17 heavy (non-hydrogen) atoms. The van der Waals surface area contributed by atoms with Gasteiger partial charge in [-0.05, 0) is 56.4 Å². The molecule has 1 aliphatic heterocycles. The van der Waals surface area contributed by atoms with Crippen LogP contribution in [-0.2, 0) is 11.2 Å². The van der Waals surface area contributed by atoms with Gasteiger partial charge in [0.05, 0.1) is 12.2 Å². The molecule has 1 fully saturated rings. The van der Waals surface area contributed by atoms with Crippen LogP contribution in [0.15, 0.2) is 18.2 Å². The Morgan fingerprint density at radius 3 is 2.88 bits per heavy atom. The Kier molecular flexibility index (Phi) is 3.79. The van der Waals surface area contributed by atoms with Gasteiger partial charge in [0.15, 0.2) is 0 Å². The summed E-state index contributed by atoms with van der Waals surface area (Å²) < 4.78 is 18.9. The highest BCUT2D eigenvalue weighted by Gasteiger charge is 2.27. The molecule has 0 spiro atoms. The third-order valence-electron chi connectivity index (χ3n) is 3.51. The molecule has 94 valence electrons. The molecule has 2 N–H and O–H groups in total. The van der Waals surface area contributed by atoms with Gasteiger partial charge in [0.25, 0.3) is 0 Å². The highest BCUT2D eigenvalue weighted by Crippen LogP contribution is 2.23. The Balaban J connectivity index is 2.02. The molecular weight excluding hydrogens is 217 g/mol. The number of hydrogen-bond acceptors (Lipinski definition) is 2. The molecular formula is C14H20FNO. The van der Waals surface area contributed by atoms with Crippen molar-refractivity contribution in [3.8, 4) is 0 Å². The van der Waals surface area contributed by atoms with E-state index in [9.17, 15) is 4.39 Å². The van der Waals surface area contributed by atoms with Gasteiger partial charge in [0.2, 0.25) is 0 Å². The second kappa shape index (κ2) is 5.15. The zero-order valence-corrected chi connectivity index (χ0v) is 10.4. The van der Waals surface area contributed by atoms with Crippen LogP contribution >= 0.6 is 0 Å². The van der Waals surface area contributed by atoms with Crippen LogP contribution < -0.4 is 5.73 Å². The van der Waals surface area contributed by atoms with E-state index >= 15 is 0 Å². The van der Waals surface area contributed by atoms with E-state index < -0.39 is 0 Å². The summed E-state index contributed by atoms with van der Waals surface area (Å²) in [7, 11) is 0. The van der Waals surface area contributed by atoms with E-state index in [1.54, 1.807) is 12.1 Å². The summed E-state index contributed by atoms with van der Waals surface area (Å²) in [6.07, 6.45) is 3.19. The molecule has 1 aromatic carbocycles. The molecule has 2 rings (SSSR count). The predicted molar refractivity (Wildman–Crippen MR) is 66.4 cm³/mol. The van der Waals surface area contributed by atoms with Gasteiger partial charge in [-0.25, -0.2) is 4.39 Å². The summed E-state index contributed by atoms with van der Waals surface area (Å²) in [5, 5.41) is 0. The molecule has 0 aromatic heterocycles. The molecule has 3 atom stereocenters. The maximum Gasteiger partial charge on any atom is 0.123 e. The van der Waals surface area contributed by atoms with Crippen LogP contribution in [0.1, 0.15) is 30.9 Å². The van der Waals surface area contributed by atoms with Crippen molar-refractivity contribution in [3.63, 3.8) is 0 Å². The Morgan fingerprint density at radius 2 is 2.24 bits per heavy atom. The zero-order chi connectivity index (χ0) is 12.4. The molecule has 3 unspecified atom stereocenters. The van der Waals surface area contributed by atoms with Crippen molar-refractivity contribution in [1.29, 1.82) is 0 Å². The van der Waals surface area contributed by atoms with E-state index in [-0.39, 0.29) is 18.0 Å². The van der Waals surface area contributed by atoms with E-state index in [1.165, 1.54) is 6.07 Å². The lowest BCUT2D eigenvalue weighted by Gasteiger charge is -2.20. The van der Waals surface area contributed by atoms with E-state index in [0.717, 1.165) is 24.0 Å². The average Bonchev–Trinajstić information content (AvgIpc) is 2.70. The van der Waals surface area contributed by atoms with Crippen LogP contribution in [0, 0.1) is 12.7 Å². The fourth-order valence-electron chi connectivity index (χ4n) is 2.39. The van der Waals surface area contributed by atoms with Crippen molar-refractivity contribution in [3.05, 3.63) is 35.1 Å².